The highest BCUT2D eigenvalue weighted by atomic mass is 32.2. The Bertz CT molecular complexity index is 988. The van der Waals surface area contributed by atoms with Crippen molar-refractivity contribution in [3.05, 3.63) is 88.7 Å². The quantitative estimate of drug-likeness (QED) is 0.379. The lowest BCUT2D eigenvalue weighted by molar-refractivity contribution is 0.563. The average Bonchev–Trinajstić information content (AvgIpc) is 3.08. The van der Waals surface area contributed by atoms with Crippen LogP contribution in [-0.4, -0.2) is 14.5 Å². The summed E-state index contributed by atoms with van der Waals surface area (Å²) in [5.74, 6) is 0. The highest BCUT2D eigenvalue weighted by molar-refractivity contribution is 7.79. The van der Waals surface area contributed by atoms with E-state index in [4.69, 9.17) is 4.99 Å². The van der Waals surface area contributed by atoms with E-state index in [0.717, 1.165) is 35.4 Å². The summed E-state index contributed by atoms with van der Waals surface area (Å²) < 4.78 is 21.0. The molecule has 1 atom stereocenters. The molecule has 0 amide bonds. The fourth-order valence-corrected chi connectivity index (χ4v) is 3.89. The van der Waals surface area contributed by atoms with Gasteiger partial charge in [-0.25, -0.2) is 4.21 Å². The van der Waals surface area contributed by atoms with Crippen LogP contribution in [0.2, 0.25) is 0 Å². The van der Waals surface area contributed by atoms with Crippen molar-refractivity contribution in [1.82, 2.24) is 0 Å². The molecule has 1 aliphatic heterocycles. The second-order valence-corrected chi connectivity index (χ2v) is 9.02. The van der Waals surface area contributed by atoms with E-state index in [1.807, 2.05) is 32.1 Å². The zero-order chi connectivity index (χ0) is 22.3. The van der Waals surface area contributed by atoms with Crippen LogP contribution in [0.5, 0.6) is 0 Å². The zero-order valence-electron chi connectivity index (χ0n) is 18.9. The molecular formula is C26H33NO2S. The topological polar surface area (TPSA) is 49.7 Å². The molecule has 1 aromatic rings. The molecule has 1 N–H and O–H groups in total. The predicted molar refractivity (Wildman–Crippen MR) is 129 cm³/mol. The molecule has 1 heterocycles. The molecule has 0 saturated carbocycles. The number of nitrogens with zero attached hydrogens (tertiary/aromatic N) is 1. The van der Waals surface area contributed by atoms with Crippen LogP contribution in [-0.2, 0) is 16.5 Å². The summed E-state index contributed by atoms with van der Waals surface area (Å²) in [6.07, 6.45) is 16.4. The Hall–Kier alpha value is -2.30. The molecule has 0 radical (unpaired) electrons. The van der Waals surface area contributed by atoms with Gasteiger partial charge in [0.05, 0.1) is 10.6 Å². The van der Waals surface area contributed by atoms with Gasteiger partial charge in [-0.15, -0.1) is 0 Å². The summed E-state index contributed by atoms with van der Waals surface area (Å²) in [5, 5.41) is 0. The van der Waals surface area contributed by atoms with Gasteiger partial charge in [0.15, 0.2) is 11.1 Å². The second-order valence-electron chi connectivity index (χ2n) is 8.05. The minimum Gasteiger partial charge on any atom is -0.302 e. The number of rotatable bonds is 7. The fourth-order valence-electron chi connectivity index (χ4n) is 3.48. The third-order valence-corrected chi connectivity index (χ3v) is 6.21. The number of hydrogen-bond donors (Lipinski definition) is 1. The van der Waals surface area contributed by atoms with E-state index in [0.29, 0.717) is 4.90 Å². The Kier molecular flexibility index (Phi) is 8.51. The smallest absolute Gasteiger partial charge is 0.186 e. The van der Waals surface area contributed by atoms with Gasteiger partial charge >= 0.3 is 0 Å². The number of aryl methyl sites for hydroxylation is 1. The predicted octanol–water partition coefficient (Wildman–Crippen LogP) is 7.00. The number of allylic oxidation sites excluding steroid dienone is 9. The van der Waals surface area contributed by atoms with Crippen molar-refractivity contribution in [2.45, 2.75) is 64.7 Å². The first-order valence-corrected chi connectivity index (χ1v) is 11.5. The summed E-state index contributed by atoms with van der Waals surface area (Å²) in [4.78, 5) is 5.21. The van der Waals surface area contributed by atoms with Crippen LogP contribution in [0, 0.1) is 6.92 Å². The van der Waals surface area contributed by atoms with E-state index >= 15 is 0 Å². The molecule has 4 heteroatoms. The standard InChI is InChI=1S/C26H33NO2S/c1-7-9-13-21-17-22(27-25(21)11-8-2)14-10-12-20(4)26(5,6)24-18-23(30(28)29)16-15-19(24)3/h7,9-16,18H,8,17H2,1-6H3,(H,28,29)/b9-7-,14-10+,20-12-,21-13-,25-11-. The number of benzene rings is 1. The zero-order valence-corrected chi connectivity index (χ0v) is 19.7. The van der Waals surface area contributed by atoms with Crippen LogP contribution in [0.4, 0.5) is 0 Å². The molecule has 2 rings (SSSR count). The van der Waals surface area contributed by atoms with Crippen molar-refractivity contribution in [1.29, 1.82) is 0 Å². The van der Waals surface area contributed by atoms with E-state index in [1.165, 1.54) is 11.1 Å². The molecule has 1 aliphatic rings. The largest absolute Gasteiger partial charge is 0.302 e. The highest BCUT2D eigenvalue weighted by Crippen LogP contribution is 2.34. The Morgan fingerprint density at radius 1 is 1.30 bits per heavy atom. The van der Waals surface area contributed by atoms with Crippen LogP contribution >= 0.6 is 0 Å². The molecule has 0 aromatic heterocycles. The van der Waals surface area contributed by atoms with Crippen molar-refractivity contribution in [2.24, 2.45) is 4.99 Å². The second kappa shape index (κ2) is 10.6. The highest BCUT2D eigenvalue weighted by Gasteiger charge is 2.25. The van der Waals surface area contributed by atoms with Gasteiger partial charge in [0.1, 0.15) is 0 Å². The molecule has 160 valence electrons. The van der Waals surface area contributed by atoms with Crippen molar-refractivity contribution >= 4 is 16.8 Å². The lowest BCUT2D eigenvalue weighted by atomic mass is 9.76. The first kappa shape index (κ1) is 24.0. The summed E-state index contributed by atoms with van der Waals surface area (Å²) in [6.45, 7) is 12.6. The van der Waals surface area contributed by atoms with E-state index in [2.05, 4.69) is 64.2 Å². The monoisotopic (exact) mass is 423 g/mol. The first-order chi connectivity index (χ1) is 14.2. The van der Waals surface area contributed by atoms with Gasteiger partial charge in [-0.2, -0.15) is 0 Å². The van der Waals surface area contributed by atoms with E-state index in [9.17, 15) is 8.76 Å². The maximum atomic E-state index is 11.5. The van der Waals surface area contributed by atoms with Gasteiger partial charge in [0.2, 0.25) is 0 Å². The molecule has 3 nitrogen and oxygen atoms in total. The minimum atomic E-state index is -1.98. The average molecular weight is 424 g/mol. The van der Waals surface area contributed by atoms with E-state index < -0.39 is 11.1 Å². The molecule has 30 heavy (non-hydrogen) atoms. The Labute approximate surface area is 184 Å². The van der Waals surface area contributed by atoms with E-state index in [1.54, 1.807) is 6.07 Å². The summed E-state index contributed by atoms with van der Waals surface area (Å²) in [7, 11) is 0. The van der Waals surface area contributed by atoms with Gasteiger partial charge in [-0.3, -0.25) is 4.99 Å². The lowest BCUT2D eigenvalue weighted by Crippen LogP contribution is -2.20. The van der Waals surface area contributed by atoms with Crippen LogP contribution in [0.25, 0.3) is 0 Å². The van der Waals surface area contributed by atoms with Crippen molar-refractivity contribution in [2.75, 3.05) is 0 Å². The van der Waals surface area contributed by atoms with Crippen LogP contribution in [0.15, 0.2) is 87.5 Å². The Morgan fingerprint density at radius 3 is 2.67 bits per heavy atom. The third kappa shape index (κ3) is 5.87. The molecule has 1 unspecified atom stereocenters. The van der Waals surface area contributed by atoms with Crippen molar-refractivity contribution in [3.8, 4) is 0 Å². The number of aliphatic imine (C=N–C) groups is 1. The summed E-state index contributed by atoms with van der Waals surface area (Å²) in [5.41, 5.74) is 6.47. The maximum absolute atomic E-state index is 11.5. The van der Waals surface area contributed by atoms with Crippen molar-refractivity contribution < 1.29 is 8.76 Å². The van der Waals surface area contributed by atoms with Crippen LogP contribution in [0.3, 0.4) is 0 Å². The third-order valence-electron chi connectivity index (χ3n) is 5.56. The van der Waals surface area contributed by atoms with E-state index in [-0.39, 0.29) is 5.41 Å². The first-order valence-electron chi connectivity index (χ1n) is 10.4. The summed E-state index contributed by atoms with van der Waals surface area (Å²) >= 11 is -1.98. The molecule has 0 spiro atoms. The van der Waals surface area contributed by atoms with Crippen LogP contribution in [0.1, 0.15) is 58.6 Å². The Morgan fingerprint density at radius 2 is 2.03 bits per heavy atom. The maximum Gasteiger partial charge on any atom is 0.186 e. The van der Waals surface area contributed by atoms with Gasteiger partial charge in [0, 0.05) is 17.5 Å². The molecule has 0 fully saturated rings. The van der Waals surface area contributed by atoms with Gasteiger partial charge in [-0.1, -0.05) is 68.9 Å². The molecule has 0 bridgehead atoms. The molecule has 0 aliphatic carbocycles. The molecular weight excluding hydrogens is 390 g/mol. The molecule has 1 aromatic carbocycles. The van der Waals surface area contributed by atoms with Gasteiger partial charge in [0.25, 0.3) is 0 Å². The van der Waals surface area contributed by atoms with Crippen LogP contribution < -0.4 is 0 Å². The Balaban J connectivity index is 2.26. The van der Waals surface area contributed by atoms with Gasteiger partial charge < -0.3 is 4.55 Å². The summed E-state index contributed by atoms with van der Waals surface area (Å²) in [6, 6.07) is 5.47. The normalized spacial score (nSPS) is 19.4. The van der Waals surface area contributed by atoms with Gasteiger partial charge in [-0.05, 0) is 62.1 Å². The fraction of sp³-hybridized carbons (Fsp3) is 0.346. The SMILES string of the molecule is C\C=C/C=C1CC(/C=C/C=C(/C)C(C)(C)c2cc(S(=O)O)ccc2C)=NC/1=C\CC. The van der Waals surface area contributed by atoms with Crippen molar-refractivity contribution in [3.63, 3.8) is 0 Å². The minimum absolute atomic E-state index is 0.258. The number of hydrogen-bond acceptors (Lipinski definition) is 2. The lowest BCUT2D eigenvalue weighted by Gasteiger charge is -2.28. The molecule has 0 saturated heterocycles.